The summed E-state index contributed by atoms with van der Waals surface area (Å²) in [5.74, 6) is 0.486. The number of rotatable bonds is 4. The van der Waals surface area contributed by atoms with Gasteiger partial charge in [-0.2, -0.15) is 0 Å². The maximum Gasteiger partial charge on any atom is 0.222 e. The Labute approximate surface area is 111 Å². The zero-order valence-electron chi connectivity index (χ0n) is 9.97. The smallest absolute Gasteiger partial charge is 0.222 e. The topological polar surface area (TPSA) is 58.0 Å². The third kappa shape index (κ3) is 3.18. The van der Waals surface area contributed by atoms with Crippen LogP contribution in [-0.4, -0.2) is 21.6 Å². The molecule has 0 amide bonds. The summed E-state index contributed by atoms with van der Waals surface area (Å²) in [4.78, 5) is 8.07. The predicted molar refractivity (Wildman–Crippen MR) is 71.5 cm³/mol. The first-order valence-electron chi connectivity index (χ1n) is 5.57. The second kappa shape index (κ2) is 5.33. The highest BCUT2D eigenvalue weighted by molar-refractivity contribution is 6.30. The van der Waals surface area contributed by atoms with Crippen LogP contribution in [0.5, 0.6) is 0 Å². The third-order valence-corrected chi connectivity index (χ3v) is 2.84. The molecule has 0 radical (unpaired) electrons. The van der Waals surface area contributed by atoms with Crippen LogP contribution in [0.2, 0.25) is 5.02 Å². The Hall–Kier alpha value is -1.65. The van der Waals surface area contributed by atoms with Crippen LogP contribution in [0.4, 0.5) is 5.95 Å². The molecular weight excluding hydrogens is 250 g/mol. The number of nitrogens with zero attached hydrogens (tertiary/aromatic N) is 2. The number of halogens is 1. The Balaban J connectivity index is 2.08. The lowest BCUT2D eigenvalue weighted by molar-refractivity contribution is 0.0713. The fraction of sp³-hybridized carbons (Fsp3) is 0.231. The predicted octanol–water partition coefficient (Wildman–Crippen LogP) is 2.45. The van der Waals surface area contributed by atoms with Crippen LogP contribution in [0.1, 0.15) is 12.5 Å². The highest BCUT2D eigenvalue weighted by Crippen LogP contribution is 2.23. The van der Waals surface area contributed by atoms with E-state index >= 15 is 0 Å². The summed E-state index contributed by atoms with van der Waals surface area (Å²) in [5.41, 5.74) is -0.289. The van der Waals surface area contributed by atoms with Crippen LogP contribution >= 0.6 is 11.6 Å². The van der Waals surface area contributed by atoms with Gasteiger partial charge in [0.1, 0.15) is 5.60 Å². The van der Waals surface area contributed by atoms with Crippen LogP contribution < -0.4 is 5.32 Å². The molecule has 1 aromatic heterocycles. The quantitative estimate of drug-likeness (QED) is 0.890. The molecule has 2 rings (SSSR count). The number of aliphatic hydroxyl groups is 1. The lowest BCUT2D eigenvalue weighted by Crippen LogP contribution is -2.31. The number of hydrogen-bond acceptors (Lipinski definition) is 4. The molecule has 1 atom stereocenters. The summed E-state index contributed by atoms with van der Waals surface area (Å²) >= 11 is 5.91. The van der Waals surface area contributed by atoms with Gasteiger partial charge in [0.15, 0.2) is 0 Å². The summed E-state index contributed by atoms with van der Waals surface area (Å²) in [6.07, 6.45) is 3.28. The SMILES string of the molecule is CC(O)(CNc1ncccn1)c1cccc(Cl)c1. The van der Waals surface area contributed by atoms with E-state index in [1.807, 2.05) is 12.1 Å². The van der Waals surface area contributed by atoms with Gasteiger partial charge in [0.05, 0.1) is 6.54 Å². The molecule has 0 spiro atoms. The highest BCUT2D eigenvalue weighted by Gasteiger charge is 2.23. The summed E-state index contributed by atoms with van der Waals surface area (Å²) in [7, 11) is 0. The van der Waals surface area contributed by atoms with Crippen molar-refractivity contribution in [2.24, 2.45) is 0 Å². The van der Waals surface area contributed by atoms with Crippen LogP contribution in [0.25, 0.3) is 0 Å². The molecule has 0 saturated heterocycles. The van der Waals surface area contributed by atoms with E-state index in [4.69, 9.17) is 11.6 Å². The minimum absolute atomic E-state index is 0.303. The first-order chi connectivity index (χ1) is 8.58. The first kappa shape index (κ1) is 12.8. The summed E-state index contributed by atoms with van der Waals surface area (Å²) in [6, 6.07) is 8.90. The number of hydrogen-bond donors (Lipinski definition) is 2. The molecule has 0 aliphatic heterocycles. The van der Waals surface area contributed by atoms with Gasteiger partial charge < -0.3 is 10.4 Å². The molecule has 0 aliphatic carbocycles. The van der Waals surface area contributed by atoms with E-state index in [9.17, 15) is 5.11 Å². The fourth-order valence-corrected chi connectivity index (χ4v) is 1.76. The number of anilines is 1. The monoisotopic (exact) mass is 263 g/mol. The molecule has 5 heteroatoms. The summed E-state index contributed by atoms with van der Waals surface area (Å²) < 4.78 is 0. The molecule has 2 N–H and O–H groups in total. The van der Waals surface area contributed by atoms with Crippen LogP contribution in [0.3, 0.4) is 0 Å². The number of aromatic nitrogens is 2. The van der Waals surface area contributed by atoms with Gasteiger partial charge in [-0.1, -0.05) is 23.7 Å². The zero-order valence-corrected chi connectivity index (χ0v) is 10.7. The molecule has 0 aliphatic rings. The van der Waals surface area contributed by atoms with E-state index in [1.165, 1.54) is 0 Å². The molecule has 0 saturated carbocycles. The average molecular weight is 264 g/mol. The number of benzene rings is 1. The normalized spacial score (nSPS) is 13.9. The van der Waals surface area contributed by atoms with Crippen LogP contribution in [-0.2, 0) is 5.60 Å². The van der Waals surface area contributed by atoms with Gasteiger partial charge in [0, 0.05) is 17.4 Å². The van der Waals surface area contributed by atoms with E-state index in [0.717, 1.165) is 5.56 Å². The number of nitrogens with one attached hydrogen (secondary N) is 1. The lowest BCUT2D eigenvalue weighted by atomic mass is 9.96. The fourth-order valence-electron chi connectivity index (χ4n) is 1.57. The maximum atomic E-state index is 10.4. The molecule has 4 nitrogen and oxygen atoms in total. The standard InChI is InChI=1S/C13H14ClN3O/c1-13(18,10-4-2-5-11(14)8-10)9-17-12-15-6-3-7-16-12/h2-8,18H,9H2,1H3,(H,15,16,17). The zero-order chi connectivity index (χ0) is 13.0. The van der Waals surface area contributed by atoms with Gasteiger partial charge in [-0.15, -0.1) is 0 Å². The molecule has 0 fully saturated rings. The van der Waals surface area contributed by atoms with Crippen molar-refractivity contribution < 1.29 is 5.11 Å². The highest BCUT2D eigenvalue weighted by atomic mass is 35.5. The van der Waals surface area contributed by atoms with Crippen molar-refractivity contribution in [3.05, 3.63) is 53.3 Å². The van der Waals surface area contributed by atoms with E-state index in [2.05, 4.69) is 15.3 Å². The van der Waals surface area contributed by atoms with E-state index in [1.54, 1.807) is 37.5 Å². The van der Waals surface area contributed by atoms with Gasteiger partial charge in [0.25, 0.3) is 0 Å². The van der Waals surface area contributed by atoms with Crippen molar-refractivity contribution in [2.45, 2.75) is 12.5 Å². The van der Waals surface area contributed by atoms with E-state index in [-0.39, 0.29) is 0 Å². The van der Waals surface area contributed by atoms with Gasteiger partial charge in [-0.25, -0.2) is 9.97 Å². The Bertz CT molecular complexity index is 517. The molecule has 0 bridgehead atoms. The summed E-state index contributed by atoms with van der Waals surface area (Å²) in [5, 5.41) is 14.0. The van der Waals surface area contributed by atoms with Crippen molar-refractivity contribution in [2.75, 3.05) is 11.9 Å². The van der Waals surface area contributed by atoms with Crippen molar-refractivity contribution in [3.8, 4) is 0 Å². The largest absolute Gasteiger partial charge is 0.384 e. The minimum Gasteiger partial charge on any atom is -0.384 e. The van der Waals surface area contributed by atoms with Crippen LogP contribution in [0.15, 0.2) is 42.7 Å². The van der Waals surface area contributed by atoms with Crippen molar-refractivity contribution in [3.63, 3.8) is 0 Å². The lowest BCUT2D eigenvalue weighted by Gasteiger charge is -2.24. The van der Waals surface area contributed by atoms with Crippen molar-refractivity contribution >= 4 is 17.5 Å². The Morgan fingerprint density at radius 3 is 2.67 bits per heavy atom. The first-order valence-corrected chi connectivity index (χ1v) is 5.95. The van der Waals surface area contributed by atoms with Crippen molar-refractivity contribution in [1.29, 1.82) is 0 Å². The third-order valence-electron chi connectivity index (χ3n) is 2.60. The van der Waals surface area contributed by atoms with Gasteiger partial charge in [-0.05, 0) is 30.7 Å². The minimum atomic E-state index is -1.04. The van der Waals surface area contributed by atoms with Crippen LogP contribution in [0, 0.1) is 0 Å². The molecule has 1 heterocycles. The van der Waals surface area contributed by atoms with Gasteiger partial charge in [0.2, 0.25) is 5.95 Å². The van der Waals surface area contributed by atoms with E-state index in [0.29, 0.717) is 17.5 Å². The Morgan fingerprint density at radius 1 is 1.28 bits per heavy atom. The second-order valence-corrected chi connectivity index (χ2v) is 4.65. The Kier molecular flexibility index (Phi) is 3.79. The molecule has 94 valence electrons. The Morgan fingerprint density at radius 2 is 2.00 bits per heavy atom. The summed E-state index contributed by atoms with van der Waals surface area (Å²) in [6.45, 7) is 2.02. The van der Waals surface area contributed by atoms with Crippen molar-refractivity contribution in [1.82, 2.24) is 9.97 Å². The molecule has 1 aromatic carbocycles. The molecule has 2 aromatic rings. The van der Waals surface area contributed by atoms with E-state index < -0.39 is 5.60 Å². The molecule has 18 heavy (non-hydrogen) atoms. The van der Waals surface area contributed by atoms with Gasteiger partial charge in [-0.3, -0.25) is 0 Å². The second-order valence-electron chi connectivity index (χ2n) is 4.21. The molecule has 1 unspecified atom stereocenters. The van der Waals surface area contributed by atoms with Gasteiger partial charge >= 0.3 is 0 Å². The maximum absolute atomic E-state index is 10.4. The molecular formula is C13H14ClN3O. The average Bonchev–Trinajstić information content (AvgIpc) is 2.38.